The second-order valence-corrected chi connectivity index (χ2v) is 5.53. The van der Waals surface area contributed by atoms with Crippen molar-refractivity contribution in [1.82, 2.24) is 10.2 Å². The number of carbonyl (C=O) groups excluding carboxylic acids is 3. The van der Waals surface area contributed by atoms with Gasteiger partial charge in [-0.2, -0.15) is 0 Å². The maximum Gasteiger partial charge on any atom is 0.255 e. The van der Waals surface area contributed by atoms with Gasteiger partial charge in [0.05, 0.1) is 5.56 Å². The molecule has 1 aliphatic rings. The Labute approximate surface area is 120 Å². The van der Waals surface area contributed by atoms with Crippen molar-refractivity contribution in [3.05, 3.63) is 32.7 Å². The topological polar surface area (TPSA) is 66.5 Å². The van der Waals surface area contributed by atoms with Crippen LogP contribution in [0.5, 0.6) is 0 Å². The normalized spacial score (nSPS) is 15.6. The van der Waals surface area contributed by atoms with Gasteiger partial charge in [-0.15, -0.1) is 0 Å². The van der Waals surface area contributed by atoms with E-state index >= 15 is 0 Å². The maximum atomic E-state index is 12.2. The van der Waals surface area contributed by atoms with E-state index in [1.54, 1.807) is 18.2 Å². The van der Waals surface area contributed by atoms with Crippen LogP contribution in [0, 0.1) is 0 Å². The largest absolute Gasteiger partial charge is 0.320 e. The van der Waals surface area contributed by atoms with Crippen LogP contribution in [0.3, 0.4) is 0 Å². The third-order valence-corrected chi connectivity index (χ3v) is 3.58. The first-order valence-corrected chi connectivity index (χ1v) is 6.63. The van der Waals surface area contributed by atoms with Crippen LogP contribution < -0.4 is 5.32 Å². The van der Waals surface area contributed by atoms with Gasteiger partial charge in [0.15, 0.2) is 0 Å². The van der Waals surface area contributed by atoms with Gasteiger partial charge >= 0.3 is 0 Å². The van der Waals surface area contributed by atoms with E-state index < -0.39 is 11.8 Å². The summed E-state index contributed by atoms with van der Waals surface area (Å²) in [5.41, 5.74) is 0.409. The smallest absolute Gasteiger partial charge is 0.255 e. The molecule has 94 valence electrons. The minimum Gasteiger partial charge on any atom is -0.320 e. The van der Waals surface area contributed by atoms with Gasteiger partial charge in [0.1, 0.15) is 13.1 Å². The van der Waals surface area contributed by atoms with Gasteiger partial charge in [0, 0.05) is 8.95 Å². The fourth-order valence-corrected chi connectivity index (χ4v) is 2.39. The third-order valence-electron chi connectivity index (χ3n) is 2.39. The van der Waals surface area contributed by atoms with Crippen LogP contribution in [0.4, 0.5) is 0 Å². The highest BCUT2D eigenvalue weighted by Gasteiger charge is 2.28. The number of nitrogens with zero attached hydrogens (tertiary/aromatic N) is 1. The van der Waals surface area contributed by atoms with Gasteiger partial charge in [-0.05, 0) is 34.1 Å². The van der Waals surface area contributed by atoms with E-state index in [9.17, 15) is 14.4 Å². The number of nitrogens with one attached hydrogen (secondary N) is 1. The molecular formula is C11H8Br2N2O3. The Morgan fingerprint density at radius 1 is 1.17 bits per heavy atom. The van der Waals surface area contributed by atoms with E-state index in [0.717, 1.165) is 4.47 Å². The molecule has 0 aromatic heterocycles. The standard InChI is InChI=1S/C11H8Br2N2O3/c12-6-1-2-8(13)7(3-6)11(18)15-4-9(16)14-10(17)5-15/h1-3H,4-5H2,(H,14,16,17). The van der Waals surface area contributed by atoms with Crippen LogP contribution in [0.25, 0.3) is 0 Å². The lowest BCUT2D eigenvalue weighted by Gasteiger charge is -2.25. The van der Waals surface area contributed by atoms with Gasteiger partial charge in [-0.3, -0.25) is 19.7 Å². The Bertz CT molecular complexity index is 529. The van der Waals surface area contributed by atoms with Gasteiger partial charge in [-0.1, -0.05) is 15.9 Å². The Kier molecular flexibility index (Phi) is 3.82. The summed E-state index contributed by atoms with van der Waals surface area (Å²) >= 11 is 6.55. The molecule has 0 atom stereocenters. The SMILES string of the molecule is O=C1CN(C(=O)c2cc(Br)ccc2Br)CC(=O)N1. The molecule has 3 amide bonds. The fraction of sp³-hybridized carbons (Fsp3) is 0.182. The summed E-state index contributed by atoms with van der Waals surface area (Å²) in [5, 5.41) is 2.15. The van der Waals surface area contributed by atoms with Crippen molar-refractivity contribution in [2.24, 2.45) is 0 Å². The molecule has 18 heavy (non-hydrogen) atoms. The summed E-state index contributed by atoms with van der Waals surface area (Å²) in [6.07, 6.45) is 0. The van der Waals surface area contributed by atoms with Gasteiger partial charge in [0.2, 0.25) is 11.8 Å². The third kappa shape index (κ3) is 2.78. The minimum atomic E-state index is -0.467. The monoisotopic (exact) mass is 374 g/mol. The zero-order chi connectivity index (χ0) is 13.3. The number of carbonyl (C=O) groups is 3. The molecule has 1 aromatic carbocycles. The zero-order valence-electron chi connectivity index (χ0n) is 9.07. The van der Waals surface area contributed by atoms with E-state index in [0.29, 0.717) is 10.0 Å². The number of hydrogen-bond acceptors (Lipinski definition) is 3. The van der Waals surface area contributed by atoms with Crippen molar-refractivity contribution in [2.45, 2.75) is 0 Å². The average molecular weight is 376 g/mol. The first-order valence-electron chi connectivity index (χ1n) is 5.04. The van der Waals surface area contributed by atoms with Crippen LogP contribution in [0.15, 0.2) is 27.1 Å². The molecule has 2 rings (SSSR count). The highest BCUT2D eigenvalue weighted by atomic mass is 79.9. The van der Waals surface area contributed by atoms with E-state index in [-0.39, 0.29) is 19.0 Å². The molecule has 1 aliphatic heterocycles. The molecule has 1 aromatic rings. The van der Waals surface area contributed by atoms with E-state index in [2.05, 4.69) is 37.2 Å². The first kappa shape index (κ1) is 13.2. The Balaban J connectivity index is 2.28. The average Bonchev–Trinajstić information content (AvgIpc) is 2.30. The summed E-state index contributed by atoms with van der Waals surface area (Å²) in [6.45, 7) is -0.215. The Morgan fingerprint density at radius 3 is 2.39 bits per heavy atom. The molecule has 0 aliphatic carbocycles. The molecule has 0 saturated carbocycles. The number of piperazine rings is 1. The van der Waals surface area contributed by atoms with Crippen molar-refractivity contribution in [3.63, 3.8) is 0 Å². The number of amides is 3. The molecule has 1 heterocycles. The summed E-state index contributed by atoms with van der Waals surface area (Å²) < 4.78 is 1.37. The second-order valence-electron chi connectivity index (χ2n) is 3.76. The van der Waals surface area contributed by atoms with Crippen LogP contribution in [-0.2, 0) is 9.59 Å². The molecule has 0 spiro atoms. The lowest BCUT2D eigenvalue weighted by Crippen LogP contribution is -2.53. The second kappa shape index (κ2) is 5.19. The van der Waals surface area contributed by atoms with Crippen LogP contribution in [0.1, 0.15) is 10.4 Å². The van der Waals surface area contributed by atoms with E-state index in [1.165, 1.54) is 4.90 Å². The molecule has 0 bridgehead atoms. The van der Waals surface area contributed by atoms with Gasteiger partial charge < -0.3 is 4.90 Å². The first-order chi connectivity index (χ1) is 8.47. The molecule has 1 fully saturated rings. The van der Waals surface area contributed by atoms with Crippen molar-refractivity contribution < 1.29 is 14.4 Å². The maximum absolute atomic E-state index is 12.2. The minimum absolute atomic E-state index is 0.108. The number of hydrogen-bond donors (Lipinski definition) is 1. The lowest BCUT2D eigenvalue weighted by molar-refractivity contribution is -0.135. The predicted molar refractivity (Wildman–Crippen MR) is 70.9 cm³/mol. The van der Waals surface area contributed by atoms with E-state index in [1.807, 2.05) is 0 Å². The summed E-state index contributed by atoms with van der Waals surface area (Å²) in [5.74, 6) is -1.29. The van der Waals surface area contributed by atoms with Crippen molar-refractivity contribution in [1.29, 1.82) is 0 Å². The molecule has 1 N–H and O–H groups in total. The number of benzene rings is 1. The van der Waals surface area contributed by atoms with Crippen molar-refractivity contribution in [3.8, 4) is 0 Å². The number of halogens is 2. The van der Waals surface area contributed by atoms with E-state index in [4.69, 9.17) is 0 Å². The Hall–Kier alpha value is -1.21. The summed E-state index contributed by atoms with van der Waals surface area (Å²) in [6, 6.07) is 5.15. The molecular weight excluding hydrogens is 368 g/mol. The summed E-state index contributed by atoms with van der Waals surface area (Å²) in [4.78, 5) is 35.9. The predicted octanol–water partition coefficient (Wildman–Crippen LogP) is 1.31. The van der Waals surface area contributed by atoms with Crippen LogP contribution in [-0.4, -0.2) is 35.7 Å². The highest BCUT2D eigenvalue weighted by molar-refractivity contribution is 9.11. The highest BCUT2D eigenvalue weighted by Crippen LogP contribution is 2.23. The molecule has 5 nitrogen and oxygen atoms in total. The quantitative estimate of drug-likeness (QED) is 0.752. The Morgan fingerprint density at radius 2 is 1.78 bits per heavy atom. The number of imide groups is 1. The van der Waals surface area contributed by atoms with Crippen LogP contribution >= 0.6 is 31.9 Å². The number of rotatable bonds is 1. The van der Waals surface area contributed by atoms with Gasteiger partial charge in [0.25, 0.3) is 5.91 Å². The summed E-state index contributed by atoms with van der Waals surface area (Å²) in [7, 11) is 0. The molecule has 0 unspecified atom stereocenters. The molecule has 0 radical (unpaired) electrons. The zero-order valence-corrected chi connectivity index (χ0v) is 12.2. The molecule has 7 heteroatoms. The molecule has 1 saturated heterocycles. The van der Waals surface area contributed by atoms with Gasteiger partial charge in [-0.25, -0.2) is 0 Å². The fourth-order valence-electron chi connectivity index (χ4n) is 1.61. The van der Waals surface area contributed by atoms with Crippen molar-refractivity contribution in [2.75, 3.05) is 13.1 Å². The lowest BCUT2D eigenvalue weighted by atomic mass is 10.2. The van der Waals surface area contributed by atoms with Crippen molar-refractivity contribution >= 4 is 49.6 Å². The van der Waals surface area contributed by atoms with Crippen LogP contribution in [0.2, 0.25) is 0 Å².